The minimum absolute atomic E-state index is 0.110. The Balaban J connectivity index is 1.63. The second kappa shape index (κ2) is 7.84. The van der Waals surface area contributed by atoms with Crippen molar-refractivity contribution < 1.29 is 17.9 Å². The van der Waals surface area contributed by atoms with E-state index in [4.69, 9.17) is 4.74 Å². The van der Waals surface area contributed by atoms with Gasteiger partial charge in [-0.2, -0.15) is 0 Å². The van der Waals surface area contributed by atoms with Crippen LogP contribution in [0, 0.1) is 0 Å². The number of urea groups is 1. The molecule has 1 aromatic carbocycles. The third kappa shape index (κ3) is 4.88. The van der Waals surface area contributed by atoms with Crippen LogP contribution in [0.4, 0.5) is 4.79 Å². The van der Waals surface area contributed by atoms with Gasteiger partial charge in [-0.05, 0) is 31.7 Å². The molecule has 0 bridgehead atoms. The molecule has 1 heterocycles. The largest absolute Gasteiger partial charge is 0.487 e. The van der Waals surface area contributed by atoms with Gasteiger partial charge in [0.15, 0.2) is 0 Å². The highest BCUT2D eigenvalue weighted by atomic mass is 32.2. The average molecular weight is 381 g/mol. The molecule has 0 unspecified atom stereocenters. The summed E-state index contributed by atoms with van der Waals surface area (Å²) in [5, 5.41) is 5.74. The van der Waals surface area contributed by atoms with Crippen molar-refractivity contribution in [3.63, 3.8) is 0 Å². The van der Waals surface area contributed by atoms with E-state index < -0.39 is 10.0 Å². The van der Waals surface area contributed by atoms with Crippen LogP contribution in [0.15, 0.2) is 24.3 Å². The Morgan fingerprint density at radius 1 is 1.19 bits per heavy atom. The van der Waals surface area contributed by atoms with Gasteiger partial charge in [0.25, 0.3) is 0 Å². The molecular formula is C18H27N3O4S. The van der Waals surface area contributed by atoms with Crippen molar-refractivity contribution >= 4 is 16.1 Å². The second-order valence-electron chi connectivity index (χ2n) is 7.21. The van der Waals surface area contributed by atoms with Crippen molar-refractivity contribution in [1.82, 2.24) is 15.4 Å². The maximum atomic E-state index is 12.3. The number of fused-ring (bicyclic) bond motifs is 1. The van der Waals surface area contributed by atoms with Gasteiger partial charge in [-0.25, -0.2) is 17.9 Å². The van der Waals surface area contributed by atoms with Gasteiger partial charge in [-0.3, -0.25) is 0 Å². The van der Waals surface area contributed by atoms with Crippen molar-refractivity contribution in [3.8, 4) is 5.75 Å². The van der Waals surface area contributed by atoms with Gasteiger partial charge in [-0.1, -0.05) is 24.6 Å². The van der Waals surface area contributed by atoms with Gasteiger partial charge in [-0.15, -0.1) is 0 Å². The van der Waals surface area contributed by atoms with E-state index in [0.29, 0.717) is 0 Å². The van der Waals surface area contributed by atoms with Crippen LogP contribution >= 0.6 is 0 Å². The molecule has 1 spiro atoms. The average Bonchev–Trinajstić information content (AvgIpc) is 2.58. The van der Waals surface area contributed by atoms with Gasteiger partial charge in [0.05, 0.1) is 12.3 Å². The summed E-state index contributed by atoms with van der Waals surface area (Å²) >= 11 is 0. The van der Waals surface area contributed by atoms with Crippen LogP contribution in [0.3, 0.4) is 0 Å². The fourth-order valence-corrected chi connectivity index (χ4v) is 4.34. The van der Waals surface area contributed by atoms with Gasteiger partial charge in [0.2, 0.25) is 10.0 Å². The predicted octanol–water partition coefficient (Wildman–Crippen LogP) is 2.06. The first-order chi connectivity index (χ1) is 12.4. The van der Waals surface area contributed by atoms with Crippen LogP contribution in [0.2, 0.25) is 0 Å². The number of amides is 2. The molecule has 1 aliphatic heterocycles. The van der Waals surface area contributed by atoms with Crippen LogP contribution < -0.4 is 20.1 Å². The molecule has 7 nitrogen and oxygen atoms in total. The molecule has 8 heteroatoms. The first-order valence-corrected chi connectivity index (χ1v) is 11.0. The highest BCUT2D eigenvalue weighted by Crippen LogP contribution is 2.45. The lowest BCUT2D eigenvalue weighted by Crippen LogP contribution is -2.48. The monoisotopic (exact) mass is 381 g/mol. The van der Waals surface area contributed by atoms with E-state index in [1.807, 2.05) is 24.3 Å². The van der Waals surface area contributed by atoms with Crippen molar-refractivity contribution in [1.29, 1.82) is 0 Å². The number of hydrogen-bond acceptors (Lipinski definition) is 4. The number of carbonyl (C=O) groups is 1. The van der Waals surface area contributed by atoms with Crippen LogP contribution in [-0.2, 0) is 10.0 Å². The maximum Gasteiger partial charge on any atom is 0.315 e. The molecule has 1 saturated carbocycles. The fraction of sp³-hybridized carbons (Fsp3) is 0.611. The highest BCUT2D eigenvalue weighted by Gasteiger charge is 2.42. The molecule has 0 radical (unpaired) electrons. The summed E-state index contributed by atoms with van der Waals surface area (Å²) < 4.78 is 30.8. The normalized spacial score (nSPS) is 21.5. The summed E-state index contributed by atoms with van der Waals surface area (Å²) in [7, 11) is -3.25. The Morgan fingerprint density at radius 3 is 2.65 bits per heavy atom. The van der Waals surface area contributed by atoms with Gasteiger partial charge < -0.3 is 15.4 Å². The summed E-state index contributed by atoms with van der Waals surface area (Å²) in [6.07, 6.45) is 7.42. The standard InChI is InChI=1S/C18H27N3O4S/c1-26(23,24)20-12-11-19-17(22)21-15-13-18(9-5-2-6-10-18)25-16-8-4-3-7-14(15)16/h3-4,7-8,15,20H,2,5-6,9-13H2,1H3,(H2,19,21,22)/t15-/m0/s1. The molecule has 1 aliphatic carbocycles. The number of para-hydroxylation sites is 1. The number of benzene rings is 1. The topological polar surface area (TPSA) is 96.5 Å². The van der Waals surface area contributed by atoms with Crippen molar-refractivity contribution in [2.45, 2.75) is 50.2 Å². The molecule has 3 N–H and O–H groups in total. The van der Waals surface area contributed by atoms with Crippen LogP contribution in [0.1, 0.15) is 50.1 Å². The van der Waals surface area contributed by atoms with Gasteiger partial charge in [0.1, 0.15) is 11.4 Å². The number of sulfonamides is 1. The Kier molecular flexibility index (Phi) is 5.72. The van der Waals surface area contributed by atoms with Crippen LogP contribution in [-0.4, -0.2) is 39.4 Å². The first kappa shape index (κ1) is 19.0. The molecule has 2 amide bonds. The Bertz CT molecular complexity index is 745. The van der Waals surface area contributed by atoms with Crippen molar-refractivity contribution in [3.05, 3.63) is 29.8 Å². The Morgan fingerprint density at radius 2 is 1.92 bits per heavy atom. The minimum Gasteiger partial charge on any atom is -0.487 e. The van der Waals surface area contributed by atoms with E-state index in [9.17, 15) is 13.2 Å². The van der Waals surface area contributed by atoms with E-state index in [-0.39, 0.29) is 30.8 Å². The van der Waals surface area contributed by atoms with Crippen molar-refractivity contribution in [2.75, 3.05) is 19.3 Å². The zero-order valence-electron chi connectivity index (χ0n) is 15.1. The smallest absolute Gasteiger partial charge is 0.315 e. The third-order valence-corrected chi connectivity index (χ3v) is 5.77. The fourth-order valence-electron chi connectivity index (χ4n) is 3.87. The lowest BCUT2D eigenvalue weighted by Gasteiger charge is -2.44. The number of rotatable bonds is 5. The predicted molar refractivity (Wildman–Crippen MR) is 99.6 cm³/mol. The Labute approximate surface area is 154 Å². The zero-order chi connectivity index (χ0) is 18.6. The van der Waals surface area contributed by atoms with E-state index in [2.05, 4.69) is 15.4 Å². The lowest BCUT2D eigenvalue weighted by atomic mass is 9.77. The summed E-state index contributed by atoms with van der Waals surface area (Å²) in [5.41, 5.74) is 0.802. The van der Waals surface area contributed by atoms with Gasteiger partial charge >= 0.3 is 6.03 Å². The molecule has 0 saturated heterocycles. The molecule has 1 fully saturated rings. The number of ether oxygens (including phenoxy) is 1. The second-order valence-corrected chi connectivity index (χ2v) is 9.04. The molecular weight excluding hydrogens is 354 g/mol. The quantitative estimate of drug-likeness (QED) is 0.680. The van der Waals surface area contributed by atoms with Crippen LogP contribution in [0.5, 0.6) is 5.75 Å². The van der Waals surface area contributed by atoms with E-state index in [1.54, 1.807) is 0 Å². The molecule has 26 heavy (non-hydrogen) atoms. The molecule has 3 rings (SSSR count). The lowest BCUT2D eigenvalue weighted by molar-refractivity contribution is -0.00118. The minimum atomic E-state index is -3.25. The molecule has 2 aliphatic rings. The maximum absolute atomic E-state index is 12.3. The van der Waals surface area contributed by atoms with E-state index in [1.165, 1.54) is 6.42 Å². The van der Waals surface area contributed by atoms with Crippen LogP contribution in [0.25, 0.3) is 0 Å². The Hall–Kier alpha value is -1.80. The summed E-state index contributed by atoms with van der Waals surface area (Å²) in [6.45, 7) is 0.398. The molecule has 144 valence electrons. The molecule has 1 atom stereocenters. The SMILES string of the molecule is CS(=O)(=O)NCCNC(=O)N[C@H]1CC2(CCCCC2)Oc2ccccc21. The van der Waals surface area contributed by atoms with E-state index >= 15 is 0 Å². The van der Waals surface area contributed by atoms with E-state index in [0.717, 1.165) is 49.7 Å². The van der Waals surface area contributed by atoms with Gasteiger partial charge in [0, 0.05) is 25.1 Å². The summed E-state index contributed by atoms with van der Waals surface area (Å²) in [6, 6.07) is 7.45. The van der Waals surface area contributed by atoms with Crippen molar-refractivity contribution in [2.24, 2.45) is 0 Å². The number of nitrogens with one attached hydrogen (secondary N) is 3. The third-order valence-electron chi connectivity index (χ3n) is 5.04. The number of carbonyl (C=O) groups excluding carboxylic acids is 1. The zero-order valence-corrected chi connectivity index (χ0v) is 15.9. The highest BCUT2D eigenvalue weighted by molar-refractivity contribution is 7.88. The number of hydrogen-bond donors (Lipinski definition) is 3. The first-order valence-electron chi connectivity index (χ1n) is 9.14. The summed E-state index contributed by atoms with van der Waals surface area (Å²) in [4.78, 5) is 12.3. The molecule has 0 aromatic heterocycles. The molecule has 1 aromatic rings. The summed E-state index contributed by atoms with van der Waals surface area (Å²) in [5.74, 6) is 0.852.